The molecule has 3 aromatic rings. The molecule has 0 amide bonds. The smallest absolute Gasteiger partial charge is 0.416 e. The number of benzene rings is 3. The van der Waals surface area contributed by atoms with Crippen LogP contribution in [0.15, 0.2) is 71.6 Å². The van der Waals surface area contributed by atoms with Gasteiger partial charge in [0.1, 0.15) is 5.82 Å². The fourth-order valence-corrected chi connectivity index (χ4v) is 4.66. The zero-order valence-electron chi connectivity index (χ0n) is 16.9. The molecule has 4 rings (SSSR count). The fourth-order valence-electron chi connectivity index (χ4n) is 3.53. The van der Waals surface area contributed by atoms with E-state index in [1.165, 1.54) is 42.5 Å². The topological polar surface area (TPSA) is 83.5 Å². The van der Waals surface area contributed by atoms with E-state index in [2.05, 4.69) is 4.72 Å². The Morgan fingerprint density at radius 3 is 2.03 bits per heavy atom. The number of carboxylic acid groups (broad SMARTS) is 1. The van der Waals surface area contributed by atoms with Crippen LogP contribution in [0.3, 0.4) is 0 Å². The third-order valence-corrected chi connectivity index (χ3v) is 6.93. The van der Waals surface area contributed by atoms with Gasteiger partial charge in [-0.25, -0.2) is 12.8 Å². The second-order valence-corrected chi connectivity index (χ2v) is 9.50. The highest BCUT2D eigenvalue weighted by molar-refractivity contribution is 7.92. The summed E-state index contributed by atoms with van der Waals surface area (Å²) in [5.74, 6) is -1.66. The number of hydrogen-bond donors (Lipinski definition) is 2. The fraction of sp³-hybridized carbons (Fsp3) is 0.174. The van der Waals surface area contributed by atoms with Crippen LogP contribution in [-0.2, 0) is 26.4 Å². The molecule has 33 heavy (non-hydrogen) atoms. The first-order chi connectivity index (χ1) is 15.4. The summed E-state index contributed by atoms with van der Waals surface area (Å²) in [6.07, 6.45) is -3.91. The van der Waals surface area contributed by atoms with Crippen LogP contribution in [0.2, 0.25) is 0 Å². The Bertz CT molecular complexity index is 1310. The highest BCUT2D eigenvalue weighted by atomic mass is 32.2. The van der Waals surface area contributed by atoms with Crippen LogP contribution >= 0.6 is 0 Å². The van der Waals surface area contributed by atoms with Crippen molar-refractivity contribution in [3.8, 4) is 11.1 Å². The van der Waals surface area contributed by atoms with Crippen molar-refractivity contribution < 1.29 is 35.9 Å². The van der Waals surface area contributed by atoms with Crippen LogP contribution in [0.25, 0.3) is 11.1 Å². The van der Waals surface area contributed by atoms with E-state index in [0.717, 1.165) is 24.3 Å². The zero-order valence-corrected chi connectivity index (χ0v) is 17.7. The van der Waals surface area contributed by atoms with Crippen LogP contribution in [0, 0.1) is 5.82 Å². The van der Waals surface area contributed by atoms with E-state index in [1.54, 1.807) is 0 Å². The summed E-state index contributed by atoms with van der Waals surface area (Å²) in [7, 11) is -4.21. The average Bonchev–Trinajstić information content (AvgIpc) is 3.57. The van der Waals surface area contributed by atoms with Gasteiger partial charge in [-0.1, -0.05) is 12.1 Å². The van der Waals surface area contributed by atoms with Gasteiger partial charge in [0.05, 0.1) is 15.9 Å². The van der Waals surface area contributed by atoms with E-state index in [4.69, 9.17) is 0 Å². The molecule has 0 atom stereocenters. The Morgan fingerprint density at radius 1 is 0.909 bits per heavy atom. The number of sulfonamides is 1. The van der Waals surface area contributed by atoms with E-state index in [-0.39, 0.29) is 21.7 Å². The minimum atomic E-state index is -4.53. The zero-order chi connectivity index (χ0) is 24.0. The van der Waals surface area contributed by atoms with E-state index in [0.29, 0.717) is 18.4 Å². The average molecular weight is 479 g/mol. The summed E-state index contributed by atoms with van der Waals surface area (Å²) in [5, 5.41) is 9.67. The molecule has 0 aromatic heterocycles. The van der Waals surface area contributed by atoms with E-state index >= 15 is 0 Å². The normalized spacial score (nSPS) is 15.2. The Hall–Kier alpha value is -3.40. The summed E-state index contributed by atoms with van der Waals surface area (Å²) in [6.45, 7) is 0. The Balaban J connectivity index is 1.80. The first-order valence-corrected chi connectivity index (χ1v) is 11.2. The lowest BCUT2D eigenvalue weighted by Gasteiger charge is -2.16. The van der Waals surface area contributed by atoms with Crippen LogP contribution < -0.4 is 4.72 Å². The van der Waals surface area contributed by atoms with Gasteiger partial charge >= 0.3 is 12.1 Å². The third-order valence-electron chi connectivity index (χ3n) is 5.57. The van der Waals surface area contributed by atoms with Gasteiger partial charge in [0.15, 0.2) is 0 Å². The van der Waals surface area contributed by atoms with Crippen molar-refractivity contribution in [3.63, 3.8) is 0 Å². The van der Waals surface area contributed by atoms with Gasteiger partial charge < -0.3 is 5.11 Å². The second kappa shape index (κ2) is 7.87. The first-order valence-electron chi connectivity index (χ1n) is 9.76. The molecule has 1 saturated carbocycles. The van der Waals surface area contributed by atoms with E-state index in [9.17, 15) is 35.9 Å². The minimum Gasteiger partial charge on any atom is -0.481 e. The van der Waals surface area contributed by atoms with Crippen LogP contribution in [-0.4, -0.2) is 19.5 Å². The van der Waals surface area contributed by atoms with Crippen molar-refractivity contribution in [2.45, 2.75) is 29.3 Å². The number of nitrogens with one attached hydrogen (secondary N) is 1. The van der Waals surface area contributed by atoms with Gasteiger partial charge in [-0.15, -0.1) is 0 Å². The summed E-state index contributed by atoms with van der Waals surface area (Å²) in [6, 6.07) is 12.8. The Kier molecular flexibility index (Phi) is 5.44. The maximum Gasteiger partial charge on any atom is 0.416 e. The van der Waals surface area contributed by atoms with Crippen LogP contribution in [0.1, 0.15) is 24.0 Å². The standard InChI is InChI=1S/C23H17F4NO4S/c24-18-5-7-19(8-6-18)28-33(31,32)20-12-15(11-17(13-20)22(9-10-22)21(29)30)14-1-3-16(4-2-14)23(25,26)27/h1-8,11-13,28H,9-10H2,(H,29,30). The molecule has 0 saturated heterocycles. The molecule has 10 heteroatoms. The quantitative estimate of drug-likeness (QED) is 0.462. The number of rotatable bonds is 6. The van der Waals surface area contributed by atoms with Gasteiger partial charge in [0.25, 0.3) is 10.0 Å². The molecular formula is C23H17F4NO4S. The number of carboxylic acids is 1. The molecule has 0 unspecified atom stereocenters. The van der Waals surface area contributed by atoms with Gasteiger partial charge in [0, 0.05) is 5.69 Å². The number of aliphatic carboxylic acids is 1. The summed E-state index contributed by atoms with van der Waals surface area (Å²) >= 11 is 0. The Morgan fingerprint density at radius 2 is 1.52 bits per heavy atom. The predicted molar refractivity (Wildman–Crippen MR) is 113 cm³/mol. The minimum absolute atomic E-state index is 0.0947. The molecule has 1 aliphatic carbocycles. The van der Waals surface area contributed by atoms with E-state index in [1.807, 2.05) is 0 Å². The molecule has 2 N–H and O–H groups in total. The summed E-state index contributed by atoms with van der Waals surface area (Å²) < 4.78 is 80.3. The van der Waals surface area contributed by atoms with Gasteiger partial charge in [-0.2, -0.15) is 13.2 Å². The van der Waals surface area contributed by atoms with Gasteiger partial charge in [-0.05, 0) is 84.1 Å². The molecule has 0 radical (unpaired) electrons. The molecule has 0 heterocycles. The molecule has 1 aliphatic rings. The highest BCUT2D eigenvalue weighted by Gasteiger charge is 2.52. The van der Waals surface area contributed by atoms with Crippen LogP contribution in [0.5, 0.6) is 0 Å². The molecule has 0 bridgehead atoms. The molecule has 1 fully saturated rings. The molecular weight excluding hydrogens is 462 g/mol. The molecule has 5 nitrogen and oxygen atoms in total. The maximum absolute atomic E-state index is 13.1. The third kappa shape index (κ3) is 4.56. The second-order valence-electron chi connectivity index (χ2n) is 7.82. The van der Waals surface area contributed by atoms with Crippen molar-refractivity contribution in [1.82, 2.24) is 0 Å². The number of halogens is 4. The SMILES string of the molecule is O=C(O)C1(c2cc(-c3ccc(C(F)(F)F)cc3)cc(S(=O)(=O)Nc3ccc(F)cc3)c2)CC1. The first kappa shape index (κ1) is 22.8. The Labute approximate surface area is 186 Å². The molecule has 0 aliphatic heterocycles. The molecule has 0 spiro atoms. The van der Waals surface area contributed by atoms with Gasteiger partial charge in [-0.3, -0.25) is 9.52 Å². The van der Waals surface area contributed by atoms with E-state index < -0.39 is 39.0 Å². The summed E-state index contributed by atoms with van der Waals surface area (Å²) in [5.41, 5.74) is -1.22. The molecule has 3 aromatic carbocycles. The van der Waals surface area contributed by atoms with Crippen LogP contribution in [0.4, 0.5) is 23.2 Å². The largest absolute Gasteiger partial charge is 0.481 e. The van der Waals surface area contributed by atoms with Crippen molar-refractivity contribution in [2.24, 2.45) is 0 Å². The number of anilines is 1. The highest BCUT2D eigenvalue weighted by Crippen LogP contribution is 2.49. The maximum atomic E-state index is 13.1. The van der Waals surface area contributed by atoms with Crippen molar-refractivity contribution in [1.29, 1.82) is 0 Å². The number of hydrogen-bond acceptors (Lipinski definition) is 3. The van der Waals surface area contributed by atoms with Crippen molar-refractivity contribution in [3.05, 3.63) is 83.7 Å². The lowest BCUT2D eigenvalue weighted by atomic mass is 9.92. The van der Waals surface area contributed by atoms with Crippen molar-refractivity contribution >= 4 is 21.7 Å². The number of alkyl halides is 3. The predicted octanol–water partition coefficient (Wildman–Crippen LogP) is 5.43. The lowest BCUT2D eigenvalue weighted by Crippen LogP contribution is -2.21. The monoisotopic (exact) mass is 479 g/mol. The lowest BCUT2D eigenvalue weighted by molar-refractivity contribution is -0.140. The van der Waals surface area contributed by atoms with Crippen molar-refractivity contribution in [2.75, 3.05) is 4.72 Å². The molecule has 172 valence electrons. The summed E-state index contributed by atoms with van der Waals surface area (Å²) in [4.78, 5) is 11.6. The van der Waals surface area contributed by atoms with Gasteiger partial charge in [0.2, 0.25) is 0 Å². The number of carbonyl (C=O) groups is 1.